The highest BCUT2D eigenvalue weighted by molar-refractivity contribution is 6.22. The van der Waals surface area contributed by atoms with Crippen LogP contribution in [0.3, 0.4) is 0 Å². The number of hydrogen-bond acceptors (Lipinski definition) is 5. The van der Waals surface area contributed by atoms with Crippen molar-refractivity contribution in [2.24, 2.45) is 0 Å². The highest BCUT2D eigenvalue weighted by Gasteiger charge is 2.27. The Morgan fingerprint density at radius 3 is 1.59 bits per heavy atom. The Morgan fingerprint density at radius 2 is 1.09 bits per heavy atom. The van der Waals surface area contributed by atoms with Crippen LogP contribution < -0.4 is 9.47 Å². The van der Waals surface area contributed by atoms with Crippen LogP contribution >= 0.6 is 0 Å². The third-order valence-electron chi connectivity index (χ3n) is 6.33. The van der Waals surface area contributed by atoms with Crippen molar-refractivity contribution in [1.82, 2.24) is 9.80 Å². The van der Waals surface area contributed by atoms with Crippen molar-refractivity contribution in [2.45, 2.75) is 40.5 Å². The van der Waals surface area contributed by atoms with E-state index in [1.165, 1.54) is 0 Å². The molecule has 5 heteroatoms. The number of rotatable bonds is 14. The van der Waals surface area contributed by atoms with Crippen molar-refractivity contribution in [3.8, 4) is 22.6 Å². The van der Waals surface area contributed by atoms with Gasteiger partial charge in [0.05, 0.1) is 13.2 Å². The zero-order chi connectivity index (χ0) is 22.9. The van der Waals surface area contributed by atoms with Crippen molar-refractivity contribution in [1.29, 1.82) is 0 Å². The van der Waals surface area contributed by atoms with E-state index >= 15 is 0 Å². The summed E-state index contributed by atoms with van der Waals surface area (Å²) in [6, 6.07) is 11.7. The average Bonchev–Trinajstić information content (AvgIpc) is 3.10. The molecule has 1 aliphatic rings. The fourth-order valence-electron chi connectivity index (χ4n) is 4.25. The predicted molar refractivity (Wildman–Crippen MR) is 131 cm³/mol. The normalized spacial score (nSPS) is 12.4. The Labute approximate surface area is 193 Å². The molecule has 2 aromatic rings. The molecule has 174 valence electrons. The Kier molecular flexibility index (Phi) is 9.12. The van der Waals surface area contributed by atoms with Gasteiger partial charge >= 0.3 is 0 Å². The molecule has 0 saturated heterocycles. The minimum absolute atomic E-state index is 0.0664. The van der Waals surface area contributed by atoms with Gasteiger partial charge in [-0.1, -0.05) is 27.7 Å². The number of nitrogens with zero attached hydrogens (tertiary/aromatic N) is 2. The number of ketones is 1. The second-order valence-corrected chi connectivity index (χ2v) is 8.20. The summed E-state index contributed by atoms with van der Waals surface area (Å²) in [6.45, 7) is 16.4. The maximum atomic E-state index is 12.9. The topological polar surface area (TPSA) is 42.0 Å². The molecular weight excluding hydrogens is 400 g/mol. The monoisotopic (exact) mass is 438 g/mol. The van der Waals surface area contributed by atoms with Crippen LogP contribution in [-0.4, -0.2) is 68.1 Å². The van der Waals surface area contributed by atoms with Crippen LogP contribution in [0.2, 0.25) is 0 Å². The average molecular weight is 439 g/mol. The van der Waals surface area contributed by atoms with E-state index in [1.807, 2.05) is 36.4 Å². The minimum Gasteiger partial charge on any atom is -0.494 e. The van der Waals surface area contributed by atoms with Crippen LogP contribution in [0.5, 0.6) is 11.5 Å². The first-order chi connectivity index (χ1) is 15.6. The van der Waals surface area contributed by atoms with Crippen LogP contribution in [0.4, 0.5) is 0 Å². The Balaban J connectivity index is 1.59. The van der Waals surface area contributed by atoms with Gasteiger partial charge in [0.2, 0.25) is 0 Å². The van der Waals surface area contributed by atoms with Gasteiger partial charge in [-0.3, -0.25) is 4.79 Å². The molecule has 2 aromatic carbocycles. The summed E-state index contributed by atoms with van der Waals surface area (Å²) in [6.07, 6.45) is 1.96. The van der Waals surface area contributed by atoms with Crippen LogP contribution in [0.15, 0.2) is 36.4 Å². The number of ether oxygens (including phenoxy) is 2. The van der Waals surface area contributed by atoms with E-state index < -0.39 is 0 Å². The van der Waals surface area contributed by atoms with Gasteiger partial charge in [-0.15, -0.1) is 0 Å². The molecule has 3 rings (SSSR count). The van der Waals surface area contributed by atoms with E-state index in [2.05, 4.69) is 37.5 Å². The summed E-state index contributed by atoms with van der Waals surface area (Å²) in [5.41, 5.74) is 3.39. The van der Waals surface area contributed by atoms with Gasteiger partial charge in [0.1, 0.15) is 11.5 Å². The van der Waals surface area contributed by atoms with Gasteiger partial charge in [0.15, 0.2) is 5.78 Å². The lowest BCUT2D eigenvalue weighted by Crippen LogP contribution is -2.25. The maximum Gasteiger partial charge on any atom is 0.194 e. The third kappa shape index (κ3) is 5.90. The molecule has 32 heavy (non-hydrogen) atoms. The predicted octanol–water partition coefficient (Wildman–Crippen LogP) is 5.12. The van der Waals surface area contributed by atoms with E-state index in [0.717, 1.165) is 85.9 Å². The Hall–Kier alpha value is -2.37. The summed E-state index contributed by atoms with van der Waals surface area (Å²) in [5, 5.41) is 0. The highest BCUT2D eigenvalue weighted by atomic mass is 16.5. The quantitative estimate of drug-likeness (QED) is 0.327. The van der Waals surface area contributed by atoms with Crippen molar-refractivity contribution in [3.63, 3.8) is 0 Å². The summed E-state index contributed by atoms with van der Waals surface area (Å²) in [5.74, 6) is 1.65. The van der Waals surface area contributed by atoms with Gasteiger partial charge in [-0.2, -0.15) is 0 Å². The van der Waals surface area contributed by atoms with Crippen molar-refractivity contribution < 1.29 is 14.3 Å². The number of carbonyl (C=O) groups is 1. The molecule has 0 saturated carbocycles. The van der Waals surface area contributed by atoms with E-state index in [4.69, 9.17) is 9.47 Å². The molecule has 1 aliphatic carbocycles. The van der Waals surface area contributed by atoms with Gasteiger partial charge in [0.25, 0.3) is 0 Å². The maximum absolute atomic E-state index is 12.9. The molecule has 0 aromatic heterocycles. The summed E-state index contributed by atoms with van der Waals surface area (Å²) in [7, 11) is 0. The van der Waals surface area contributed by atoms with Crippen LogP contribution in [0.25, 0.3) is 11.1 Å². The molecule has 0 unspecified atom stereocenters. The Bertz CT molecular complexity index is 888. The molecule has 0 atom stereocenters. The molecule has 0 aliphatic heterocycles. The van der Waals surface area contributed by atoms with Crippen molar-refractivity contribution in [2.75, 3.05) is 52.5 Å². The third-order valence-corrected chi connectivity index (χ3v) is 6.33. The first-order valence-electron chi connectivity index (χ1n) is 12.1. The molecule has 0 bridgehead atoms. The molecule has 0 radical (unpaired) electrons. The number of carbonyl (C=O) groups excluding carboxylic acids is 1. The number of fused-ring (bicyclic) bond motifs is 3. The lowest BCUT2D eigenvalue weighted by atomic mass is 10.1. The summed E-state index contributed by atoms with van der Waals surface area (Å²) in [4.78, 5) is 17.7. The van der Waals surface area contributed by atoms with E-state index in [-0.39, 0.29) is 5.78 Å². The molecule has 5 nitrogen and oxygen atoms in total. The largest absolute Gasteiger partial charge is 0.494 e. The number of benzene rings is 2. The van der Waals surface area contributed by atoms with E-state index in [0.29, 0.717) is 13.2 Å². The lowest BCUT2D eigenvalue weighted by Gasteiger charge is -2.17. The van der Waals surface area contributed by atoms with Crippen molar-refractivity contribution >= 4 is 5.78 Å². The van der Waals surface area contributed by atoms with Gasteiger partial charge in [-0.25, -0.2) is 0 Å². The SMILES string of the molecule is CCN(CC)CCCOc1ccc2c(c1)C(=O)c1ccc(OCCCN(CC)CC)cc1-2. The summed E-state index contributed by atoms with van der Waals surface area (Å²) >= 11 is 0. The zero-order valence-electron chi connectivity index (χ0n) is 20.2. The second-order valence-electron chi connectivity index (χ2n) is 8.20. The smallest absolute Gasteiger partial charge is 0.194 e. The Morgan fingerprint density at radius 1 is 0.625 bits per heavy atom. The fourth-order valence-corrected chi connectivity index (χ4v) is 4.25. The summed E-state index contributed by atoms with van der Waals surface area (Å²) < 4.78 is 11.9. The van der Waals surface area contributed by atoms with E-state index in [9.17, 15) is 4.79 Å². The minimum atomic E-state index is 0.0664. The highest BCUT2D eigenvalue weighted by Crippen LogP contribution is 2.40. The van der Waals surface area contributed by atoms with Gasteiger partial charge in [-0.05, 0) is 86.5 Å². The van der Waals surface area contributed by atoms with Crippen molar-refractivity contribution in [3.05, 3.63) is 47.5 Å². The molecule has 0 spiro atoms. The number of hydrogen-bond donors (Lipinski definition) is 0. The van der Waals surface area contributed by atoms with Crippen LogP contribution in [0, 0.1) is 0 Å². The zero-order valence-corrected chi connectivity index (χ0v) is 20.2. The molecule has 0 amide bonds. The first kappa shape index (κ1) is 24.3. The van der Waals surface area contributed by atoms with Gasteiger partial charge < -0.3 is 19.3 Å². The lowest BCUT2D eigenvalue weighted by molar-refractivity contribution is 0.104. The molecule has 0 fully saturated rings. The molecule has 0 N–H and O–H groups in total. The second kappa shape index (κ2) is 12.0. The van der Waals surface area contributed by atoms with Crippen LogP contribution in [0.1, 0.15) is 56.5 Å². The van der Waals surface area contributed by atoms with Crippen LogP contribution in [-0.2, 0) is 0 Å². The van der Waals surface area contributed by atoms with E-state index in [1.54, 1.807) is 0 Å². The standard InChI is InChI=1S/C27H38N2O3/c1-5-28(6-2)15-9-17-31-21-12-14-24-25(19-21)23-13-11-22(20-26(23)27(24)30)32-18-10-16-29(7-3)8-4/h11-14,19-20H,5-10,15-18H2,1-4H3. The molecular formula is C27H38N2O3. The fraction of sp³-hybridized carbons (Fsp3) is 0.519. The molecule has 0 heterocycles. The first-order valence-corrected chi connectivity index (χ1v) is 12.1. The van der Waals surface area contributed by atoms with Gasteiger partial charge in [0, 0.05) is 24.2 Å².